The zero-order chi connectivity index (χ0) is 11.0. The predicted molar refractivity (Wildman–Crippen MR) is 57.9 cm³/mol. The molecule has 0 radical (unpaired) electrons. The molecular weight excluding hydrogens is 180 g/mol. The van der Waals surface area contributed by atoms with Gasteiger partial charge in [0.05, 0.1) is 5.60 Å². The molecule has 0 amide bonds. The summed E-state index contributed by atoms with van der Waals surface area (Å²) in [6.45, 7) is 4.90. The molecule has 0 aromatic carbocycles. The summed E-state index contributed by atoms with van der Waals surface area (Å²) >= 11 is 0. The van der Waals surface area contributed by atoms with Crippen LogP contribution in [0.5, 0.6) is 0 Å². The van der Waals surface area contributed by atoms with E-state index < -0.39 is 0 Å². The third kappa shape index (κ3) is 6.32. The molecule has 0 fully saturated rings. The predicted octanol–water partition coefficient (Wildman–Crippen LogP) is 1.06. The quantitative estimate of drug-likeness (QED) is 0.458. The zero-order valence-corrected chi connectivity index (χ0v) is 9.80. The summed E-state index contributed by atoms with van der Waals surface area (Å²) in [6.07, 6.45) is 2.93. The lowest BCUT2D eigenvalue weighted by atomic mass is 9.98. The molecule has 0 aromatic rings. The van der Waals surface area contributed by atoms with E-state index in [4.69, 9.17) is 15.3 Å². The van der Waals surface area contributed by atoms with Crippen molar-refractivity contribution in [2.24, 2.45) is 5.84 Å². The molecule has 3 N–H and O–H groups in total. The van der Waals surface area contributed by atoms with E-state index in [1.807, 2.05) is 0 Å². The minimum Gasteiger partial charge on any atom is -0.385 e. The van der Waals surface area contributed by atoms with E-state index in [2.05, 4.69) is 19.3 Å². The standard InChI is InChI=1S/C10H24N2O2/c1-10(2,14-4)7-5-9(12-11)6-8-13-3/h9,12H,5-8,11H2,1-4H3. The number of hydrazine groups is 1. The second kappa shape index (κ2) is 7.17. The van der Waals surface area contributed by atoms with E-state index in [1.54, 1.807) is 14.2 Å². The van der Waals surface area contributed by atoms with Crippen LogP contribution in [0.3, 0.4) is 0 Å². The number of hydrogen-bond donors (Lipinski definition) is 2. The average Bonchev–Trinajstić information content (AvgIpc) is 2.18. The van der Waals surface area contributed by atoms with Gasteiger partial charge in [-0.15, -0.1) is 0 Å². The fraction of sp³-hybridized carbons (Fsp3) is 1.00. The normalized spacial score (nSPS) is 14.4. The van der Waals surface area contributed by atoms with Crippen molar-refractivity contribution in [3.05, 3.63) is 0 Å². The van der Waals surface area contributed by atoms with Gasteiger partial charge in [0, 0.05) is 26.9 Å². The van der Waals surface area contributed by atoms with E-state index >= 15 is 0 Å². The van der Waals surface area contributed by atoms with E-state index in [0.717, 1.165) is 25.9 Å². The van der Waals surface area contributed by atoms with Crippen LogP contribution in [0, 0.1) is 0 Å². The van der Waals surface area contributed by atoms with Gasteiger partial charge >= 0.3 is 0 Å². The second-order valence-corrected chi connectivity index (χ2v) is 4.15. The van der Waals surface area contributed by atoms with Crippen molar-refractivity contribution < 1.29 is 9.47 Å². The van der Waals surface area contributed by atoms with Gasteiger partial charge in [-0.2, -0.15) is 0 Å². The molecule has 86 valence electrons. The SMILES string of the molecule is COCCC(CCC(C)(C)OC)NN. The molecule has 0 aromatic heterocycles. The lowest BCUT2D eigenvalue weighted by Gasteiger charge is -2.25. The van der Waals surface area contributed by atoms with Crippen molar-refractivity contribution in [2.45, 2.75) is 44.8 Å². The third-order valence-corrected chi connectivity index (χ3v) is 2.55. The molecule has 4 nitrogen and oxygen atoms in total. The summed E-state index contributed by atoms with van der Waals surface area (Å²) < 4.78 is 10.3. The third-order valence-electron chi connectivity index (χ3n) is 2.55. The summed E-state index contributed by atoms with van der Waals surface area (Å²) in [5, 5.41) is 0. The van der Waals surface area contributed by atoms with Crippen LogP contribution >= 0.6 is 0 Å². The average molecular weight is 204 g/mol. The molecule has 14 heavy (non-hydrogen) atoms. The summed E-state index contributed by atoms with van der Waals surface area (Å²) in [6, 6.07) is 0.310. The minimum absolute atomic E-state index is 0.0673. The van der Waals surface area contributed by atoms with Crippen LogP contribution in [-0.4, -0.2) is 32.5 Å². The van der Waals surface area contributed by atoms with Gasteiger partial charge in [0.15, 0.2) is 0 Å². The van der Waals surface area contributed by atoms with E-state index in [9.17, 15) is 0 Å². The summed E-state index contributed by atoms with van der Waals surface area (Å²) in [5.74, 6) is 5.44. The fourth-order valence-corrected chi connectivity index (χ4v) is 1.20. The summed E-state index contributed by atoms with van der Waals surface area (Å²) in [5.41, 5.74) is 2.73. The second-order valence-electron chi connectivity index (χ2n) is 4.15. The van der Waals surface area contributed by atoms with E-state index in [0.29, 0.717) is 6.04 Å². The monoisotopic (exact) mass is 204 g/mol. The fourth-order valence-electron chi connectivity index (χ4n) is 1.20. The maximum Gasteiger partial charge on any atom is 0.0623 e. The van der Waals surface area contributed by atoms with Crippen molar-refractivity contribution in [3.63, 3.8) is 0 Å². The lowest BCUT2D eigenvalue weighted by molar-refractivity contribution is 0.0109. The number of methoxy groups -OCH3 is 2. The van der Waals surface area contributed by atoms with Gasteiger partial charge in [-0.3, -0.25) is 11.3 Å². The molecule has 0 bridgehead atoms. The molecule has 0 saturated heterocycles. The topological polar surface area (TPSA) is 56.5 Å². The van der Waals surface area contributed by atoms with E-state index in [1.165, 1.54) is 0 Å². The Kier molecular flexibility index (Phi) is 7.09. The van der Waals surface area contributed by atoms with Gasteiger partial charge in [0.25, 0.3) is 0 Å². The van der Waals surface area contributed by atoms with Gasteiger partial charge in [-0.25, -0.2) is 0 Å². The van der Waals surface area contributed by atoms with Crippen molar-refractivity contribution in [1.29, 1.82) is 0 Å². The van der Waals surface area contributed by atoms with Crippen LogP contribution in [0.1, 0.15) is 33.1 Å². The molecule has 1 unspecified atom stereocenters. The first kappa shape index (κ1) is 13.8. The molecule has 0 aliphatic carbocycles. The Balaban J connectivity index is 3.71. The maximum absolute atomic E-state index is 5.44. The highest BCUT2D eigenvalue weighted by atomic mass is 16.5. The number of rotatable bonds is 8. The number of ether oxygens (including phenoxy) is 2. The van der Waals surface area contributed by atoms with Crippen LogP contribution in [0.2, 0.25) is 0 Å². The van der Waals surface area contributed by atoms with Crippen molar-refractivity contribution in [2.75, 3.05) is 20.8 Å². The largest absolute Gasteiger partial charge is 0.385 e. The Hall–Kier alpha value is -0.160. The Morgan fingerprint density at radius 3 is 2.36 bits per heavy atom. The Labute approximate surface area is 87.1 Å². The first-order chi connectivity index (χ1) is 6.55. The highest BCUT2D eigenvalue weighted by Gasteiger charge is 2.18. The van der Waals surface area contributed by atoms with E-state index in [-0.39, 0.29) is 5.60 Å². The van der Waals surface area contributed by atoms with Crippen molar-refractivity contribution >= 4 is 0 Å². The highest BCUT2D eigenvalue weighted by molar-refractivity contribution is 4.73. The molecule has 0 spiro atoms. The molecule has 0 aliphatic heterocycles. The van der Waals surface area contributed by atoms with Gasteiger partial charge in [0.1, 0.15) is 0 Å². The van der Waals surface area contributed by atoms with Gasteiger partial charge < -0.3 is 9.47 Å². The van der Waals surface area contributed by atoms with Crippen LogP contribution in [0.25, 0.3) is 0 Å². The number of nitrogens with one attached hydrogen (secondary N) is 1. The van der Waals surface area contributed by atoms with Crippen molar-refractivity contribution in [3.8, 4) is 0 Å². The Morgan fingerprint density at radius 2 is 1.93 bits per heavy atom. The highest BCUT2D eigenvalue weighted by Crippen LogP contribution is 2.17. The molecule has 1 atom stereocenters. The zero-order valence-electron chi connectivity index (χ0n) is 9.80. The van der Waals surface area contributed by atoms with Crippen LogP contribution < -0.4 is 11.3 Å². The number of nitrogens with two attached hydrogens (primary N) is 1. The lowest BCUT2D eigenvalue weighted by Crippen LogP contribution is -2.37. The molecular formula is C10H24N2O2. The molecule has 0 aliphatic rings. The number of hydrogen-bond acceptors (Lipinski definition) is 4. The summed E-state index contributed by atoms with van der Waals surface area (Å²) in [7, 11) is 3.44. The maximum atomic E-state index is 5.44. The molecule has 0 rings (SSSR count). The minimum atomic E-state index is -0.0673. The van der Waals surface area contributed by atoms with Crippen LogP contribution in [-0.2, 0) is 9.47 Å². The van der Waals surface area contributed by atoms with Gasteiger partial charge in [-0.1, -0.05) is 0 Å². The van der Waals surface area contributed by atoms with Crippen LogP contribution in [0.15, 0.2) is 0 Å². The molecule has 0 saturated carbocycles. The first-order valence-electron chi connectivity index (χ1n) is 5.06. The van der Waals surface area contributed by atoms with Gasteiger partial charge in [0.2, 0.25) is 0 Å². The van der Waals surface area contributed by atoms with Crippen molar-refractivity contribution in [1.82, 2.24) is 5.43 Å². The molecule has 0 heterocycles. The smallest absolute Gasteiger partial charge is 0.0623 e. The van der Waals surface area contributed by atoms with Gasteiger partial charge in [-0.05, 0) is 33.1 Å². The summed E-state index contributed by atoms with van der Waals surface area (Å²) in [4.78, 5) is 0. The first-order valence-corrected chi connectivity index (χ1v) is 5.06. The van der Waals surface area contributed by atoms with Crippen LogP contribution in [0.4, 0.5) is 0 Å². The Bertz CT molecular complexity index is 140. The Morgan fingerprint density at radius 1 is 1.29 bits per heavy atom. The molecule has 4 heteroatoms.